The molecule has 68 valence electrons. The molecule has 3 N–H and O–H groups in total. The van der Waals surface area contributed by atoms with Crippen LogP contribution in [-0.2, 0) is 0 Å². The standard InChI is InChI=1S/C7H7BO5/c9-7(10)5-3-1-2-4-6(5)13-8(11)12/h1-4,11-12H,(H,9,10). The topological polar surface area (TPSA) is 87.0 Å². The molecule has 13 heavy (non-hydrogen) atoms. The summed E-state index contributed by atoms with van der Waals surface area (Å²) in [5.41, 5.74) is -0.115. The lowest BCUT2D eigenvalue weighted by Crippen LogP contribution is -2.21. The first-order valence-electron chi connectivity index (χ1n) is 3.46. The van der Waals surface area contributed by atoms with Gasteiger partial charge in [-0.2, -0.15) is 0 Å². The molecule has 0 aliphatic carbocycles. The third-order valence-electron chi connectivity index (χ3n) is 1.35. The van der Waals surface area contributed by atoms with Crippen LogP contribution in [-0.4, -0.2) is 28.4 Å². The Morgan fingerprint density at radius 3 is 2.46 bits per heavy atom. The first kappa shape index (κ1) is 9.56. The number of carboxylic acid groups (broad SMARTS) is 1. The van der Waals surface area contributed by atoms with E-state index in [1.807, 2.05) is 0 Å². The molecule has 0 atom stereocenters. The molecule has 1 aromatic rings. The first-order chi connectivity index (χ1) is 6.11. The van der Waals surface area contributed by atoms with Gasteiger partial charge in [0.25, 0.3) is 0 Å². The quantitative estimate of drug-likeness (QED) is 0.560. The molecule has 0 unspecified atom stereocenters. The van der Waals surface area contributed by atoms with Gasteiger partial charge in [-0.15, -0.1) is 0 Å². The summed E-state index contributed by atoms with van der Waals surface area (Å²) < 4.78 is 4.44. The lowest BCUT2D eigenvalue weighted by molar-refractivity contribution is 0.0694. The van der Waals surface area contributed by atoms with Crippen molar-refractivity contribution >= 4 is 13.3 Å². The van der Waals surface area contributed by atoms with Crippen LogP contribution in [0.4, 0.5) is 0 Å². The van der Waals surface area contributed by atoms with E-state index in [4.69, 9.17) is 15.2 Å². The highest BCUT2D eigenvalue weighted by atomic mass is 16.6. The van der Waals surface area contributed by atoms with Crippen LogP contribution in [0.25, 0.3) is 0 Å². The van der Waals surface area contributed by atoms with E-state index in [1.54, 1.807) is 0 Å². The minimum Gasteiger partial charge on any atom is -0.511 e. The molecule has 0 aliphatic heterocycles. The van der Waals surface area contributed by atoms with Crippen LogP contribution in [0.15, 0.2) is 24.3 Å². The van der Waals surface area contributed by atoms with Crippen LogP contribution in [0.3, 0.4) is 0 Å². The minimum atomic E-state index is -2.01. The monoisotopic (exact) mass is 182 g/mol. The van der Waals surface area contributed by atoms with E-state index >= 15 is 0 Å². The molecule has 0 aromatic heterocycles. The van der Waals surface area contributed by atoms with E-state index in [1.165, 1.54) is 24.3 Å². The number of carbonyl (C=O) groups is 1. The summed E-state index contributed by atoms with van der Waals surface area (Å²) in [6, 6.07) is 5.69. The Labute approximate surface area is 74.4 Å². The summed E-state index contributed by atoms with van der Waals surface area (Å²) in [4.78, 5) is 10.6. The van der Waals surface area contributed by atoms with E-state index in [0.29, 0.717) is 0 Å². The van der Waals surface area contributed by atoms with Crippen molar-refractivity contribution < 1.29 is 24.6 Å². The normalized spacial score (nSPS) is 9.38. The molecule has 0 fully saturated rings. The van der Waals surface area contributed by atoms with Crippen molar-refractivity contribution in [2.24, 2.45) is 0 Å². The number of carboxylic acids is 1. The molecule has 0 saturated carbocycles. The Hall–Kier alpha value is -1.53. The molecule has 0 bridgehead atoms. The summed E-state index contributed by atoms with van der Waals surface area (Å²) in [6.45, 7) is 0. The van der Waals surface area contributed by atoms with Gasteiger partial charge in [0.15, 0.2) is 0 Å². The Bertz CT molecular complexity index is 312. The zero-order valence-corrected chi connectivity index (χ0v) is 6.54. The number of aromatic carboxylic acids is 1. The molecule has 6 heteroatoms. The first-order valence-corrected chi connectivity index (χ1v) is 3.46. The minimum absolute atomic E-state index is 0.0787. The van der Waals surface area contributed by atoms with Gasteiger partial charge in [-0.05, 0) is 12.1 Å². The van der Waals surface area contributed by atoms with Gasteiger partial charge in [0.1, 0.15) is 5.75 Å². The second kappa shape index (κ2) is 3.93. The third-order valence-corrected chi connectivity index (χ3v) is 1.35. The van der Waals surface area contributed by atoms with Crippen molar-refractivity contribution in [2.75, 3.05) is 0 Å². The highest BCUT2D eigenvalue weighted by molar-refractivity contribution is 6.34. The van der Waals surface area contributed by atoms with Crippen molar-refractivity contribution in [1.29, 1.82) is 0 Å². The summed E-state index contributed by atoms with van der Waals surface area (Å²) >= 11 is 0. The van der Waals surface area contributed by atoms with Crippen molar-refractivity contribution in [1.82, 2.24) is 0 Å². The van der Waals surface area contributed by atoms with Crippen molar-refractivity contribution in [3.05, 3.63) is 29.8 Å². The SMILES string of the molecule is O=C(O)c1ccccc1OB(O)O. The van der Waals surface area contributed by atoms with Crippen LogP contribution < -0.4 is 4.65 Å². The predicted molar refractivity (Wildman–Crippen MR) is 44.2 cm³/mol. The lowest BCUT2D eigenvalue weighted by Gasteiger charge is -2.06. The van der Waals surface area contributed by atoms with Gasteiger partial charge in [-0.1, -0.05) is 12.1 Å². The molecular weight excluding hydrogens is 175 g/mol. The van der Waals surface area contributed by atoms with Crippen molar-refractivity contribution in [2.45, 2.75) is 0 Å². The summed E-state index contributed by atoms with van der Waals surface area (Å²) in [7, 11) is -2.01. The number of hydrogen-bond donors (Lipinski definition) is 3. The molecule has 1 aromatic carbocycles. The van der Waals surface area contributed by atoms with Crippen molar-refractivity contribution in [3.63, 3.8) is 0 Å². The van der Waals surface area contributed by atoms with Gasteiger partial charge in [0.05, 0.1) is 5.56 Å². The maximum Gasteiger partial charge on any atom is 0.707 e. The number of para-hydroxylation sites is 1. The highest BCUT2D eigenvalue weighted by Gasteiger charge is 2.16. The van der Waals surface area contributed by atoms with E-state index in [0.717, 1.165) is 0 Å². The van der Waals surface area contributed by atoms with E-state index in [2.05, 4.69) is 4.65 Å². The zero-order valence-electron chi connectivity index (χ0n) is 6.54. The van der Waals surface area contributed by atoms with Gasteiger partial charge in [0, 0.05) is 0 Å². The summed E-state index contributed by atoms with van der Waals surface area (Å²) in [5, 5.41) is 25.5. The van der Waals surface area contributed by atoms with Crippen LogP contribution in [0.1, 0.15) is 10.4 Å². The smallest absolute Gasteiger partial charge is 0.511 e. The predicted octanol–water partition coefficient (Wildman–Crippen LogP) is -0.267. The number of rotatable bonds is 3. The van der Waals surface area contributed by atoms with E-state index in [-0.39, 0.29) is 11.3 Å². The van der Waals surface area contributed by atoms with E-state index in [9.17, 15) is 4.79 Å². The third kappa shape index (κ3) is 2.46. The largest absolute Gasteiger partial charge is 0.707 e. The lowest BCUT2D eigenvalue weighted by atomic mass is 10.1. The fourth-order valence-electron chi connectivity index (χ4n) is 0.860. The van der Waals surface area contributed by atoms with Gasteiger partial charge >= 0.3 is 13.3 Å². The number of hydrogen-bond acceptors (Lipinski definition) is 4. The highest BCUT2D eigenvalue weighted by Crippen LogP contribution is 2.17. The fraction of sp³-hybridized carbons (Fsp3) is 0. The molecule has 0 spiro atoms. The van der Waals surface area contributed by atoms with Crippen LogP contribution in [0.2, 0.25) is 0 Å². The van der Waals surface area contributed by atoms with Gasteiger partial charge < -0.3 is 19.8 Å². The molecular formula is C7H7BO5. The summed E-state index contributed by atoms with van der Waals surface area (Å²) in [6.07, 6.45) is 0. The molecule has 0 amide bonds. The van der Waals surface area contributed by atoms with Crippen molar-refractivity contribution in [3.8, 4) is 5.75 Å². The second-order valence-electron chi connectivity index (χ2n) is 2.25. The van der Waals surface area contributed by atoms with Crippen LogP contribution in [0, 0.1) is 0 Å². The average molecular weight is 182 g/mol. The maximum absolute atomic E-state index is 10.6. The van der Waals surface area contributed by atoms with Gasteiger partial charge in [0.2, 0.25) is 0 Å². The van der Waals surface area contributed by atoms with Gasteiger partial charge in [-0.25, -0.2) is 4.79 Å². The Morgan fingerprint density at radius 1 is 1.31 bits per heavy atom. The fourth-order valence-corrected chi connectivity index (χ4v) is 0.860. The Balaban J connectivity index is 2.98. The Morgan fingerprint density at radius 2 is 1.92 bits per heavy atom. The molecule has 5 nitrogen and oxygen atoms in total. The molecule has 1 rings (SSSR count). The molecule has 0 saturated heterocycles. The second-order valence-corrected chi connectivity index (χ2v) is 2.25. The van der Waals surface area contributed by atoms with Crippen LogP contribution in [0.5, 0.6) is 5.75 Å². The van der Waals surface area contributed by atoms with Crippen LogP contribution >= 0.6 is 0 Å². The molecule has 0 heterocycles. The van der Waals surface area contributed by atoms with Gasteiger partial charge in [-0.3, -0.25) is 0 Å². The van der Waals surface area contributed by atoms with E-state index < -0.39 is 13.3 Å². The summed E-state index contributed by atoms with van der Waals surface area (Å²) in [5.74, 6) is -1.26. The maximum atomic E-state index is 10.6. The Kier molecular flexibility index (Phi) is 2.89. The average Bonchev–Trinajstić information content (AvgIpc) is 2.03. The molecule has 0 aliphatic rings. The zero-order chi connectivity index (χ0) is 9.84. The number of benzene rings is 1. The molecule has 0 radical (unpaired) electrons.